The Bertz CT molecular complexity index is 860. The Morgan fingerprint density at radius 3 is 2.55 bits per heavy atom. The van der Waals surface area contributed by atoms with E-state index in [-0.39, 0.29) is 5.56 Å². The van der Waals surface area contributed by atoms with Gasteiger partial charge in [-0.25, -0.2) is 4.79 Å². The molecular formula is C17H13IN2O2. The SMILES string of the molecule is Cc1cc(Nc2ccc(C(=O)O)cc2)c2cc(I)ccc2n1. The number of carboxylic acids is 1. The molecule has 22 heavy (non-hydrogen) atoms. The van der Waals surface area contributed by atoms with Crippen molar-refractivity contribution in [3.05, 3.63) is 63.4 Å². The molecule has 110 valence electrons. The Morgan fingerprint density at radius 2 is 1.86 bits per heavy atom. The summed E-state index contributed by atoms with van der Waals surface area (Å²) >= 11 is 2.27. The number of anilines is 2. The minimum Gasteiger partial charge on any atom is -0.478 e. The van der Waals surface area contributed by atoms with Gasteiger partial charge >= 0.3 is 5.97 Å². The monoisotopic (exact) mass is 404 g/mol. The van der Waals surface area contributed by atoms with Crippen LogP contribution < -0.4 is 5.32 Å². The van der Waals surface area contributed by atoms with Gasteiger partial charge in [0.15, 0.2) is 0 Å². The molecule has 0 bridgehead atoms. The number of benzene rings is 2. The van der Waals surface area contributed by atoms with Crippen LogP contribution in [0.15, 0.2) is 48.5 Å². The molecule has 3 rings (SSSR count). The summed E-state index contributed by atoms with van der Waals surface area (Å²) in [5.74, 6) is -0.925. The van der Waals surface area contributed by atoms with Gasteiger partial charge in [0.2, 0.25) is 0 Å². The molecule has 4 nitrogen and oxygen atoms in total. The minimum atomic E-state index is -0.925. The van der Waals surface area contributed by atoms with Crippen molar-refractivity contribution < 1.29 is 9.90 Å². The molecule has 0 fully saturated rings. The summed E-state index contributed by atoms with van der Waals surface area (Å²) in [5.41, 5.74) is 3.94. The number of rotatable bonds is 3. The number of halogens is 1. The standard InChI is InChI=1S/C17H13IN2O2/c1-10-8-16(14-9-12(18)4-7-15(14)19-10)20-13-5-2-11(3-6-13)17(21)22/h2-9H,1H3,(H,19,20)(H,21,22). The van der Waals surface area contributed by atoms with E-state index >= 15 is 0 Å². The van der Waals surface area contributed by atoms with Gasteiger partial charge < -0.3 is 10.4 Å². The normalized spacial score (nSPS) is 10.6. The summed E-state index contributed by atoms with van der Waals surface area (Å²) in [6, 6.07) is 14.8. The van der Waals surface area contributed by atoms with Crippen LogP contribution in [0.3, 0.4) is 0 Å². The number of aryl methyl sites for hydroxylation is 1. The minimum absolute atomic E-state index is 0.274. The number of nitrogens with zero attached hydrogens (tertiary/aromatic N) is 1. The summed E-state index contributed by atoms with van der Waals surface area (Å²) in [6.07, 6.45) is 0. The van der Waals surface area contributed by atoms with Crippen LogP contribution in [-0.2, 0) is 0 Å². The quantitative estimate of drug-likeness (QED) is 0.627. The van der Waals surface area contributed by atoms with Crippen molar-refractivity contribution in [1.29, 1.82) is 0 Å². The summed E-state index contributed by atoms with van der Waals surface area (Å²) in [6.45, 7) is 1.95. The van der Waals surface area contributed by atoms with E-state index in [1.165, 1.54) is 0 Å². The zero-order chi connectivity index (χ0) is 15.7. The second-order valence-corrected chi connectivity index (χ2v) is 6.23. The van der Waals surface area contributed by atoms with Crippen LogP contribution in [-0.4, -0.2) is 16.1 Å². The Labute approximate surface area is 141 Å². The number of carboxylic acid groups (broad SMARTS) is 1. The summed E-state index contributed by atoms with van der Waals surface area (Å²) in [7, 11) is 0. The molecule has 2 aromatic carbocycles. The lowest BCUT2D eigenvalue weighted by atomic mass is 10.1. The number of aromatic nitrogens is 1. The largest absolute Gasteiger partial charge is 0.478 e. The van der Waals surface area contributed by atoms with Gasteiger partial charge in [0, 0.05) is 26.0 Å². The molecule has 0 spiro atoms. The van der Waals surface area contributed by atoms with E-state index in [0.717, 1.165) is 31.5 Å². The maximum Gasteiger partial charge on any atom is 0.335 e. The summed E-state index contributed by atoms with van der Waals surface area (Å²) < 4.78 is 1.14. The number of hydrogen-bond donors (Lipinski definition) is 2. The van der Waals surface area contributed by atoms with Crippen molar-refractivity contribution in [2.24, 2.45) is 0 Å². The van der Waals surface area contributed by atoms with Crippen molar-refractivity contribution >= 4 is 50.8 Å². The topological polar surface area (TPSA) is 62.2 Å². The van der Waals surface area contributed by atoms with Crippen LogP contribution in [0.1, 0.15) is 16.1 Å². The van der Waals surface area contributed by atoms with Crippen molar-refractivity contribution in [2.75, 3.05) is 5.32 Å². The third-order valence-corrected chi connectivity index (χ3v) is 3.98. The first-order valence-corrected chi connectivity index (χ1v) is 7.78. The van der Waals surface area contributed by atoms with Gasteiger partial charge in [-0.05, 0) is 78.0 Å². The molecule has 0 atom stereocenters. The maximum atomic E-state index is 10.9. The van der Waals surface area contributed by atoms with E-state index in [1.54, 1.807) is 24.3 Å². The highest BCUT2D eigenvalue weighted by atomic mass is 127. The van der Waals surface area contributed by atoms with Gasteiger partial charge in [0.1, 0.15) is 0 Å². The van der Waals surface area contributed by atoms with Crippen molar-refractivity contribution in [1.82, 2.24) is 4.98 Å². The van der Waals surface area contributed by atoms with Gasteiger partial charge in [-0.3, -0.25) is 4.98 Å². The van der Waals surface area contributed by atoms with Crippen LogP contribution >= 0.6 is 22.6 Å². The molecule has 0 saturated carbocycles. The molecule has 3 aromatic rings. The first-order valence-electron chi connectivity index (χ1n) is 6.70. The molecule has 2 N–H and O–H groups in total. The second-order valence-electron chi connectivity index (χ2n) is 4.98. The van der Waals surface area contributed by atoms with Gasteiger partial charge in [0.25, 0.3) is 0 Å². The molecule has 0 unspecified atom stereocenters. The molecule has 1 heterocycles. The van der Waals surface area contributed by atoms with Gasteiger partial charge in [0.05, 0.1) is 11.1 Å². The predicted octanol–water partition coefficient (Wildman–Crippen LogP) is 4.59. The summed E-state index contributed by atoms with van der Waals surface area (Å²) in [4.78, 5) is 15.4. The molecule has 0 amide bonds. The van der Waals surface area contributed by atoms with Gasteiger partial charge in [-0.1, -0.05) is 0 Å². The first-order chi connectivity index (χ1) is 10.5. The summed E-state index contributed by atoms with van der Waals surface area (Å²) in [5, 5.41) is 13.3. The number of aromatic carboxylic acids is 1. The average Bonchev–Trinajstić information content (AvgIpc) is 2.48. The third kappa shape index (κ3) is 3.04. The molecule has 5 heteroatoms. The number of hydrogen-bond acceptors (Lipinski definition) is 3. The van der Waals surface area contributed by atoms with E-state index in [0.29, 0.717) is 0 Å². The third-order valence-electron chi connectivity index (χ3n) is 3.31. The molecule has 0 saturated heterocycles. The van der Waals surface area contributed by atoms with Crippen LogP contribution in [0, 0.1) is 10.5 Å². The number of pyridine rings is 1. The number of nitrogens with one attached hydrogen (secondary N) is 1. The highest BCUT2D eigenvalue weighted by Crippen LogP contribution is 2.28. The Kier molecular flexibility index (Phi) is 3.98. The van der Waals surface area contributed by atoms with E-state index in [9.17, 15) is 4.79 Å². The van der Waals surface area contributed by atoms with E-state index in [1.807, 2.05) is 25.1 Å². The van der Waals surface area contributed by atoms with Crippen molar-refractivity contribution in [2.45, 2.75) is 6.92 Å². The van der Waals surface area contributed by atoms with E-state index < -0.39 is 5.97 Å². The Balaban J connectivity index is 2.02. The first kappa shape index (κ1) is 14.8. The van der Waals surface area contributed by atoms with Crippen molar-refractivity contribution in [3.63, 3.8) is 0 Å². The average molecular weight is 404 g/mol. The van der Waals surface area contributed by atoms with Crippen LogP contribution in [0.2, 0.25) is 0 Å². The molecular weight excluding hydrogens is 391 g/mol. The zero-order valence-corrected chi connectivity index (χ0v) is 14.0. The van der Waals surface area contributed by atoms with E-state index in [4.69, 9.17) is 5.11 Å². The van der Waals surface area contributed by atoms with Crippen LogP contribution in [0.4, 0.5) is 11.4 Å². The molecule has 1 aromatic heterocycles. The lowest BCUT2D eigenvalue weighted by Crippen LogP contribution is -1.98. The van der Waals surface area contributed by atoms with Gasteiger partial charge in [-0.2, -0.15) is 0 Å². The maximum absolute atomic E-state index is 10.9. The molecule has 0 aliphatic carbocycles. The zero-order valence-electron chi connectivity index (χ0n) is 11.8. The van der Waals surface area contributed by atoms with E-state index in [2.05, 4.69) is 39.0 Å². The number of carbonyl (C=O) groups is 1. The highest BCUT2D eigenvalue weighted by Gasteiger charge is 2.06. The second kappa shape index (κ2) is 5.92. The van der Waals surface area contributed by atoms with Crippen LogP contribution in [0.5, 0.6) is 0 Å². The fourth-order valence-corrected chi connectivity index (χ4v) is 2.78. The fraction of sp³-hybridized carbons (Fsp3) is 0.0588. The molecule has 0 aliphatic rings. The number of fused-ring (bicyclic) bond motifs is 1. The molecule has 0 aliphatic heterocycles. The smallest absolute Gasteiger partial charge is 0.335 e. The Hall–Kier alpha value is -2.15. The molecule has 0 radical (unpaired) electrons. The Morgan fingerprint density at radius 1 is 1.14 bits per heavy atom. The van der Waals surface area contributed by atoms with Gasteiger partial charge in [-0.15, -0.1) is 0 Å². The predicted molar refractivity (Wildman–Crippen MR) is 95.9 cm³/mol. The van der Waals surface area contributed by atoms with Crippen molar-refractivity contribution in [3.8, 4) is 0 Å². The lowest BCUT2D eigenvalue weighted by Gasteiger charge is -2.11. The fourth-order valence-electron chi connectivity index (χ4n) is 2.29. The highest BCUT2D eigenvalue weighted by molar-refractivity contribution is 14.1. The lowest BCUT2D eigenvalue weighted by molar-refractivity contribution is 0.0697. The van der Waals surface area contributed by atoms with Crippen LogP contribution in [0.25, 0.3) is 10.9 Å².